The van der Waals surface area contributed by atoms with Gasteiger partial charge >= 0.3 is 0 Å². The van der Waals surface area contributed by atoms with Crippen LogP contribution in [0.3, 0.4) is 0 Å². The maximum atomic E-state index is 3.79. The van der Waals surface area contributed by atoms with Gasteiger partial charge in [0.15, 0.2) is 0 Å². The van der Waals surface area contributed by atoms with E-state index in [1.807, 2.05) is 74.5 Å². The minimum atomic E-state index is 1.04. The fraction of sp³-hybridized carbons (Fsp3) is 0.0909. The second-order valence-corrected chi connectivity index (χ2v) is 4.52. The van der Waals surface area contributed by atoms with E-state index in [-0.39, 0.29) is 0 Å². The molecule has 1 nitrogen and oxygen atoms in total. The molecular formula is C22H25N. The highest BCUT2D eigenvalue weighted by Gasteiger charge is 2.03. The number of hydrogen-bond donors (Lipinski definition) is 1. The van der Waals surface area contributed by atoms with Crippen LogP contribution < -0.4 is 0 Å². The maximum Gasteiger partial charge on any atom is 0.0464 e. The molecule has 0 spiro atoms. The van der Waals surface area contributed by atoms with Gasteiger partial charge in [-0.1, -0.05) is 94.3 Å². The van der Waals surface area contributed by atoms with E-state index < -0.39 is 0 Å². The molecule has 0 fully saturated rings. The average Bonchev–Trinajstić information content (AvgIpc) is 3.02. The first kappa shape index (κ1) is 18.2. The van der Waals surface area contributed by atoms with E-state index in [2.05, 4.69) is 36.9 Å². The van der Waals surface area contributed by atoms with Crippen molar-refractivity contribution >= 4 is 29.1 Å². The number of fused-ring (bicyclic) bond motifs is 1. The summed E-state index contributed by atoms with van der Waals surface area (Å²) in [7, 11) is 0. The molecule has 0 radical (unpaired) electrons. The molecule has 23 heavy (non-hydrogen) atoms. The summed E-state index contributed by atoms with van der Waals surface area (Å²) in [5.74, 6) is 0. The molecule has 0 amide bonds. The van der Waals surface area contributed by atoms with Gasteiger partial charge in [0.25, 0.3) is 0 Å². The summed E-state index contributed by atoms with van der Waals surface area (Å²) in [5, 5.41) is 1.20. The molecule has 0 aliphatic rings. The third-order valence-corrected chi connectivity index (χ3v) is 3.22. The van der Waals surface area contributed by atoms with Crippen molar-refractivity contribution < 1.29 is 0 Å². The van der Waals surface area contributed by atoms with E-state index in [0.717, 1.165) is 16.8 Å². The maximum absolute atomic E-state index is 3.79. The van der Waals surface area contributed by atoms with E-state index in [4.69, 9.17) is 0 Å². The van der Waals surface area contributed by atoms with Gasteiger partial charge in [-0.05, 0) is 17.7 Å². The minimum Gasteiger partial charge on any atom is -0.355 e. The standard InChI is InChI=1S/C12H11N.C8H8.C2H6/c1-3-9-10-7-5-6-8-12(10)13-11(9)4-2;1-2-8-6-4-3-5-7-8;1-2/h3-8,13H,1-2H2;2-7H,1H2;1-2H3. The molecule has 2 aromatic carbocycles. The molecule has 0 aliphatic heterocycles. The van der Waals surface area contributed by atoms with Crippen molar-refractivity contribution in [3.05, 3.63) is 91.2 Å². The summed E-state index contributed by atoms with van der Waals surface area (Å²) in [6.45, 7) is 15.2. The highest BCUT2D eigenvalue weighted by molar-refractivity contribution is 5.92. The van der Waals surface area contributed by atoms with Gasteiger partial charge in [-0.15, -0.1) is 0 Å². The monoisotopic (exact) mass is 303 g/mol. The van der Waals surface area contributed by atoms with Gasteiger partial charge in [0.2, 0.25) is 0 Å². The summed E-state index contributed by atoms with van der Waals surface area (Å²) in [5.41, 5.74) is 4.47. The smallest absolute Gasteiger partial charge is 0.0464 e. The summed E-state index contributed by atoms with van der Waals surface area (Å²) in [6, 6.07) is 18.2. The normalized spacial score (nSPS) is 8.96. The van der Waals surface area contributed by atoms with E-state index in [1.165, 1.54) is 10.9 Å². The van der Waals surface area contributed by atoms with Crippen LogP contribution in [0.1, 0.15) is 30.7 Å². The quantitative estimate of drug-likeness (QED) is 0.547. The van der Waals surface area contributed by atoms with Crippen molar-refractivity contribution in [3.8, 4) is 0 Å². The molecule has 1 aromatic heterocycles. The van der Waals surface area contributed by atoms with Crippen LogP contribution in [0.5, 0.6) is 0 Å². The third kappa shape index (κ3) is 4.86. The number of rotatable bonds is 3. The van der Waals surface area contributed by atoms with E-state index in [0.29, 0.717) is 0 Å². The molecule has 0 saturated carbocycles. The second-order valence-electron chi connectivity index (χ2n) is 4.52. The SMILES string of the molecule is C=Cc1[nH]c2ccccc2c1C=C.C=Cc1ccccc1.CC. The lowest BCUT2D eigenvalue weighted by Crippen LogP contribution is -1.72. The largest absolute Gasteiger partial charge is 0.355 e. The lowest BCUT2D eigenvalue weighted by Gasteiger charge is -1.90. The number of para-hydroxylation sites is 1. The van der Waals surface area contributed by atoms with Crippen LogP contribution in [-0.4, -0.2) is 4.98 Å². The number of aromatic amines is 1. The Labute approximate surface area is 139 Å². The Kier molecular flexibility index (Phi) is 7.95. The Balaban J connectivity index is 0.000000228. The number of hydrogen-bond acceptors (Lipinski definition) is 0. The summed E-state index contributed by atoms with van der Waals surface area (Å²) >= 11 is 0. The van der Waals surface area contributed by atoms with Crippen molar-refractivity contribution in [2.75, 3.05) is 0 Å². The number of nitrogens with one attached hydrogen (secondary N) is 1. The Morgan fingerprint density at radius 1 is 0.739 bits per heavy atom. The molecule has 0 bridgehead atoms. The van der Waals surface area contributed by atoms with Crippen LogP contribution in [0.2, 0.25) is 0 Å². The van der Waals surface area contributed by atoms with Gasteiger partial charge in [0.1, 0.15) is 0 Å². The minimum absolute atomic E-state index is 1.04. The molecule has 3 aromatic rings. The van der Waals surface area contributed by atoms with Crippen LogP contribution in [0.4, 0.5) is 0 Å². The topological polar surface area (TPSA) is 15.8 Å². The summed E-state index contributed by atoms with van der Waals surface area (Å²) in [6.07, 6.45) is 5.51. The zero-order valence-corrected chi connectivity index (χ0v) is 14.0. The lowest BCUT2D eigenvalue weighted by atomic mass is 10.1. The number of H-pyrrole nitrogens is 1. The molecule has 0 saturated heterocycles. The molecule has 1 N–H and O–H groups in total. The molecule has 0 atom stereocenters. The van der Waals surface area contributed by atoms with Gasteiger partial charge in [0, 0.05) is 22.2 Å². The molecule has 0 aliphatic carbocycles. The molecule has 1 heteroatoms. The van der Waals surface area contributed by atoms with Gasteiger partial charge in [-0.25, -0.2) is 0 Å². The Morgan fingerprint density at radius 3 is 1.87 bits per heavy atom. The van der Waals surface area contributed by atoms with E-state index in [1.54, 1.807) is 0 Å². The molecular weight excluding hydrogens is 278 g/mol. The average molecular weight is 303 g/mol. The summed E-state index contributed by atoms with van der Waals surface area (Å²) in [4.78, 5) is 3.28. The molecule has 3 rings (SSSR count). The highest BCUT2D eigenvalue weighted by atomic mass is 14.7. The van der Waals surface area contributed by atoms with Gasteiger partial charge in [-0.3, -0.25) is 0 Å². The van der Waals surface area contributed by atoms with E-state index in [9.17, 15) is 0 Å². The third-order valence-electron chi connectivity index (χ3n) is 3.22. The van der Waals surface area contributed by atoms with Crippen LogP contribution in [0, 0.1) is 0 Å². The van der Waals surface area contributed by atoms with Crippen LogP contribution >= 0.6 is 0 Å². The summed E-state index contributed by atoms with van der Waals surface area (Å²) < 4.78 is 0. The van der Waals surface area contributed by atoms with Crippen molar-refractivity contribution in [2.24, 2.45) is 0 Å². The lowest BCUT2D eigenvalue weighted by molar-refractivity contribution is 1.43. The number of benzene rings is 2. The molecule has 118 valence electrons. The first-order valence-corrected chi connectivity index (χ1v) is 7.83. The van der Waals surface area contributed by atoms with Gasteiger partial charge in [-0.2, -0.15) is 0 Å². The van der Waals surface area contributed by atoms with Crippen molar-refractivity contribution in [3.63, 3.8) is 0 Å². The van der Waals surface area contributed by atoms with Crippen molar-refractivity contribution in [2.45, 2.75) is 13.8 Å². The predicted octanol–water partition coefficient (Wildman–Crippen LogP) is 6.81. The highest BCUT2D eigenvalue weighted by Crippen LogP contribution is 2.23. The fourth-order valence-corrected chi connectivity index (χ4v) is 2.15. The number of aromatic nitrogens is 1. The first-order valence-electron chi connectivity index (χ1n) is 7.83. The zero-order valence-electron chi connectivity index (χ0n) is 14.0. The van der Waals surface area contributed by atoms with Gasteiger partial charge < -0.3 is 4.98 Å². The Bertz CT molecular complexity index is 748. The fourth-order valence-electron chi connectivity index (χ4n) is 2.15. The Morgan fingerprint density at radius 2 is 1.35 bits per heavy atom. The first-order chi connectivity index (χ1) is 11.3. The van der Waals surface area contributed by atoms with Crippen molar-refractivity contribution in [1.82, 2.24) is 4.98 Å². The Hall–Kier alpha value is -2.80. The second kappa shape index (κ2) is 10.0. The molecule has 1 heterocycles. The molecule has 0 unspecified atom stereocenters. The van der Waals surface area contributed by atoms with Crippen LogP contribution in [0.15, 0.2) is 74.3 Å². The predicted molar refractivity (Wildman–Crippen MR) is 106 cm³/mol. The zero-order chi connectivity index (χ0) is 17.1. The van der Waals surface area contributed by atoms with Gasteiger partial charge in [0.05, 0.1) is 0 Å². The van der Waals surface area contributed by atoms with Crippen molar-refractivity contribution in [1.29, 1.82) is 0 Å². The van der Waals surface area contributed by atoms with Crippen LogP contribution in [-0.2, 0) is 0 Å². The van der Waals surface area contributed by atoms with E-state index >= 15 is 0 Å². The van der Waals surface area contributed by atoms with Crippen LogP contribution in [0.25, 0.3) is 29.1 Å².